The fourth-order valence-corrected chi connectivity index (χ4v) is 2.30. The number of carboxylic acid groups (broad SMARTS) is 1. The number of rotatable bonds is 6. The third kappa shape index (κ3) is 5.75. The summed E-state index contributed by atoms with van der Waals surface area (Å²) in [5, 5.41) is 12.3. The Labute approximate surface area is 126 Å². The molecule has 0 unspecified atom stereocenters. The third-order valence-electron chi connectivity index (χ3n) is 3.18. The van der Waals surface area contributed by atoms with Crippen molar-refractivity contribution in [2.24, 2.45) is 0 Å². The van der Waals surface area contributed by atoms with E-state index in [1.165, 1.54) is 4.90 Å². The van der Waals surface area contributed by atoms with Crippen LogP contribution in [0.3, 0.4) is 0 Å². The van der Waals surface area contributed by atoms with Crippen molar-refractivity contribution >= 4 is 12.1 Å². The lowest BCUT2D eigenvalue weighted by molar-refractivity contribution is -0.141. The van der Waals surface area contributed by atoms with E-state index in [4.69, 9.17) is 9.84 Å². The highest BCUT2D eigenvalue weighted by atomic mass is 16.6. The molecule has 0 saturated carbocycles. The maximum absolute atomic E-state index is 11.9. The molecule has 0 aliphatic carbocycles. The summed E-state index contributed by atoms with van der Waals surface area (Å²) in [6.07, 6.45) is 4.43. The molecule has 1 aliphatic heterocycles. The van der Waals surface area contributed by atoms with Crippen LogP contribution >= 0.6 is 0 Å². The molecule has 0 radical (unpaired) electrons. The van der Waals surface area contributed by atoms with Gasteiger partial charge < -0.3 is 20.1 Å². The van der Waals surface area contributed by atoms with Crippen LogP contribution in [0, 0.1) is 0 Å². The highest BCUT2D eigenvalue weighted by Crippen LogP contribution is 2.26. The molecule has 0 atom stereocenters. The van der Waals surface area contributed by atoms with Crippen LogP contribution in [-0.4, -0.2) is 52.8 Å². The Bertz CT molecular complexity index is 406. The third-order valence-corrected chi connectivity index (χ3v) is 3.18. The summed E-state index contributed by atoms with van der Waals surface area (Å²) in [6.45, 7) is 8.80. The molecule has 0 spiro atoms. The van der Waals surface area contributed by atoms with Gasteiger partial charge in [0.15, 0.2) is 0 Å². The first kappa shape index (κ1) is 17.5. The van der Waals surface area contributed by atoms with E-state index in [0.29, 0.717) is 19.6 Å². The Hall–Kier alpha value is -1.56. The Balaban J connectivity index is 2.53. The van der Waals surface area contributed by atoms with Crippen LogP contribution in [-0.2, 0) is 9.53 Å². The Morgan fingerprint density at radius 3 is 2.48 bits per heavy atom. The predicted octanol–water partition coefficient (Wildman–Crippen LogP) is 2.01. The van der Waals surface area contributed by atoms with Gasteiger partial charge in [-0.25, -0.2) is 4.79 Å². The van der Waals surface area contributed by atoms with Crippen molar-refractivity contribution in [2.45, 2.75) is 51.7 Å². The number of nitrogens with zero attached hydrogens (tertiary/aromatic N) is 1. The van der Waals surface area contributed by atoms with Crippen molar-refractivity contribution in [1.29, 1.82) is 0 Å². The minimum atomic E-state index is -0.864. The fraction of sp³-hybridized carbons (Fsp3) is 0.733. The summed E-state index contributed by atoms with van der Waals surface area (Å²) in [5.74, 6) is -0.864. The predicted molar refractivity (Wildman–Crippen MR) is 80.2 cm³/mol. The zero-order valence-electron chi connectivity index (χ0n) is 13.3. The maximum atomic E-state index is 11.9. The van der Waals surface area contributed by atoms with Crippen LogP contribution in [0.25, 0.3) is 0 Å². The van der Waals surface area contributed by atoms with E-state index in [1.54, 1.807) is 0 Å². The number of aliphatic carboxylic acids is 1. The van der Waals surface area contributed by atoms with Gasteiger partial charge >= 0.3 is 12.1 Å². The zero-order valence-corrected chi connectivity index (χ0v) is 13.3. The summed E-state index contributed by atoms with van der Waals surface area (Å²) >= 11 is 0. The van der Waals surface area contributed by atoms with Gasteiger partial charge in [-0.3, -0.25) is 4.79 Å². The number of hydrogen-bond acceptors (Lipinski definition) is 4. The molecule has 1 heterocycles. The van der Waals surface area contributed by atoms with Crippen LogP contribution in [0.4, 0.5) is 4.79 Å². The molecule has 6 heteroatoms. The first-order valence-electron chi connectivity index (χ1n) is 7.23. The van der Waals surface area contributed by atoms with E-state index < -0.39 is 23.2 Å². The average molecular weight is 298 g/mol. The van der Waals surface area contributed by atoms with Gasteiger partial charge in [0.25, 0.3) is 0 Å². The number of carboxylic acids is 1. The van der Waals surface area contributed by atoms with E-state index in [9.17, 15) is 9.59 Å². The average Bonchev–Trinajstić information content (AvgIpc) is 2.27. The minimum Gasteiger partial charge on any atom is -0.481 e. The highest BCUT2D eigenvalue weighted by Gasteiger charge is 2.47. The van der Waals surface area contributed by atoms with Crippen LogP contribution < -0.4 is 5.32 Å². The molecule has 6 nitrogen and oxygen atoms in total. The fourth-order valence-electron chi connectivity index (χ4n) is 2.30. The van der Waals surface area contributed by atoms with E-state index >= 15 is 0 Å². The second kappa shape index (κ2) is 6.93. The van der Waals surface area contributed by atoms with E-state index in [0.717, 1.165) is 6.42 Å². The lowest BCUT2D eigenvalue weighted by Gasteiger charge is -2.49. The topological polar surface area (TPSA) is 78.9 Å². The van der Waals surface area contributed by atoms with E-state index in [1.807, 2.05) is 39.8 Å². The van der Waals surface area contributed by atoms with Gasteiger partial charge in [-0.2, -0.15) is 0 Å². The summed E-state index contributed by atoms with van der Waals surface area (Å²) in [7, 11) is 0. The van der Waals surface area contributed by atoms with Gasteiger partial charge in [0.05, 0.1) is 12.0 Å². The first-order valence-corrected chi connectivity index (χ1v) is 7.23. The van der Waals surface area contributed by atoms with Gasteiger partial charge in [-0.15, -0.1) is 0 Å². The summed E-state index contributed by atoms with van der Waals surface area (Å²) in [5.41, 5.74) is -1.08. The van der Waals surface area contributed by atoms with Gasteiger partial charge in [0.2, 0.25) is 0 Å². The van der Waals surface area contributed by atoms with Crippen molar-refractivity contribution in [3.8, 4) is 0 Å². The quantitative estimate of drug-likeness (QED) is 0.579. The number of likely N-dealkylation sites (tertiary alicyclic amines) is 1. The lowest BCUT2D eigenvalue weighted by atomic mass is 9.86. The molecule has 2 N–H and O–H groups in total. The SMILES string of the molecule is C/C=C/CCNC1(CC(=O)O)CN(C(=O)OC(C)(C)C)C1. The molecule has 120 valence electrons. The molecule has 1 rings (SSSR count). The maximum Gasteiger partial charge on any atom is 0.410 e. The molecule has 0 aromatic rings. The number of hydrogen-bond donors (Lipinski definition) is 2. The van der Waals surface area contributed by atoms with Crippen LogP contribution in [0.2, 0.25) is 0 Å². The smallest absolute Gasteiger partial charge is 0.410 e. The van der Waals surface area contributed by atoms with Crippen LogP contribution in [0.1, 0.15) is 40.5 Å². The van der Waals surface area contributed by atoms with Gasteiger partial charge in [-0.05, 0) is 40.7 Å². The first-order chi connectivity index (χ1) is 9.67. The minimum absolute atomic E-state index is 0.00212. The second-order valence-corrected chi connectivity index (χ2v) is 6.47. The van der Waals surface area contributed by atoms with Crippen LogP contribution in [0.5, 0.6) is 0 Å². The number of amides is 1. The van der Waals surface area contributed by atoms with Gasteiger partial charge in [0.1, 0.15) is 5.60 Å². The summed E-state index contributed by atoms with van der Waals surface area (Å²) < 4.78 is 5.28. The van der Waals surface area contributed by atoms with Gasteiger partial charge in [-0.1, -0.05) is 12.2 Å². The van der Waals surface area contributed by atoms with Crippen molar-refractivity contribution in [3.63, 3.8) is 0 Å². The van der Waals surface area contributed by atoms with Crippen molar-refractivity contribution in [2.75, 3.05) is 19.6 Å². The van der Waals surface area contributed by atoms with Crippen molar-refractivity contribution in [3.05, 3.63) is 12.2 Å². The van der Waals surface area contributed by atoms with E-state index in [2.05, 4.69) is 5.32 Å². The van der Waals surface area contributed by atoms with Crippen molar-refractivity contribution < 1.29 is 19.4 Å². The lowest BCUT2D eigenvalue weighted by Crippen LogP contribution is -2.71. The molecule has 0 bridgehead atoms. The summed E-state index contributed by atoms with van der Waals surface area (Å²) in [6, 6.07) is 0. The molecular weight excluding hydrogens is 272 g/mol. The molecule has 1 saturated heterocycles. The molecule has 1 aliphatic rings. The molecule has 0 aromatic carbocycles. The second-order valence-electron chi connectivity index (χ2n) is 6.47. The monoisotopic (exact) mass is 298 g/mol. The standard InChI is InChI=1S/C15H26N2O4/c1-5-6-7-8-16-15(9-12(18)19)10-17(11-15)13(20)21-14(2,3)4/h5-6,16H,7-11H2,1-4H3,(H,18,19)/b6-5+. The number of ether oxygens (including phenoxy) is 1. The molecule has 21 heavy (non-hydrogen) atoms. The van der Waals surface area contributed by atoms with Gasteiger partial charge in [0, 0.05) is 13.1 Å². The largest absolute Gasteiger partial charge is 0.481 e. The number of nitrogens with one attached hydrogen (secondary N) is 1. The zero-order chi connectivity index (χ0) is 16.1. The highest BCUT2D eigenvalue weighted by molar-refractivity contribution is 5.73. The molecule has 1 fully saturated rings. The molecule has 1 amide bonds. The van der Waals surface area contributed by atoms with Crippen LogP contribution in [0.15, 0.2) is 12.2 Å². The summed E-state index contributed by atoms with van der Waals surface area (Å²) in [4.78, 5) is 24.5. The number of carbonyl (C=O) groups excluding carboxylic acids is 1. The number of allylic oxidation sites excluding steroid dienone is 1. The Morgan fingerprint density at radius 2 is 2.00 bits per heavy atom. The molecule has 0 aromatic heterocycles. The Kier molecular flexibility index (Phi) is 5.78. The Morgan fingerprint density at radius 1 is 1.38 bits per heavy atom. The molecular formula is C15H26N2O4. The van der Waals surface area contributed by atoms with Crippen molar-refractivity contribution in [1.82, 2.24) is 10.2 Å². The normalized spacial score (nSPS) is 17.6. The number of carbonyl (C=O) groups is 2. The van der Waals surface area contributed by atoms with E-state index in [-0.39, 0.29) is 6.42 Å².